The third-order valence-electron chi connectivity index (χ3n) is 0.770. The van der Waals surface area contributed by atoms with E-state index in [4.69, 9.17) is 10.2 Å². The SMILES string of the molecule is Oc1[c-]ccc(O)c1.[Y].[Y]. The van der Waals surface area contributed by atoms with Crippen molar-refractivity contribution in [1.82, 2.24) is 0 Å². The predicted molar refractivity (Wildman–Crippen MR) is 28.6 cm³/mol. The molecular weight excluding hydrogens is 282 g/mol. The number of phenols is 2. The van der Waals surface area contributed by atoms with Gasteiger partial charge in [0.25, 0.3) is 0 Å². The van der Waals surface area contributed by atoms with Crippen LogP contribution in [0.15, 0.2) is 18.2 Å². The molecule has 0 bridgehead atoms. The minimum Gasteiger partial charge on any atom is -0.534 e. The molecule has 0 fully saturated rings. The largest absolute Gasteiger partial charge is 0.534 e. The van der Waals surface area contributed by atoms with Crippen molar-refractivity contribution in [2.24, 2.45) is 0 Å². The van der Waals surface area contributed by atoms with Crippen molar-refractivity contribution < 1.29 is 75.6 Å². The maximum Gasteiger partial charge on any atom is 0.0117 e. The van der Waals surface area contributed by atoms with E-state index in [0.29, 0.717) is 0 Å². The molecule has 2 radical (unpaired) electrons. The summed E-state index contributed by atoms with van der Waals surface area (Å²) in [7, 11) is 0. The Bertz CT molecular complexity index is 174. The summed E-state index contributed by atoms with van der Waals surface area (Å²) >= 11 is 0. The van der Waals surface area contributed by atoms with Crippen molar-refractivity contribution in [2.45, 2.75) is 0 Å². The van der Waals surface area contributed by atoms with Crippen molar-refractivity contribution in [3.63, 3.8) is 0 Å². The summed E-state index contributed by atoms with van der Waals surface area (Å²) in [5.74, 6) is 0.0197. The first kappa shape index (κ1) is 13.6. The molecule has 0 aliphatic rings. The fourth-order valence-corrected chi connectivity index (χ4v) is 0.442. The van der Waals surface area contributed by atoms with E-state index in [-0.39, 0.29) is 76.9 Å². The molecule has 10 heavy (non-hydrogen) atoms. The molecule has 2 N–H and O–H groups in total. The molecule has 0 saturated heterocycles. The normalized spacial score (nSPS) is 7.20. The maximum atomic E-state index is 8.63. The summed E-state index contributed by atoms with van der Waals surface area (Å²) in [6, 6.07) is 6.58. The monoisotopic (exact) mass is 287 g/mol. The van der Waals surface area contributed by atoms with E-state index >= 15 is 0 Å². The summed E-state index contributed by atoms with van der Waals surface area (Å²) < 4.78 is 0. The van der Waals surface area contributed by atoms with Gasteiger partial charge in [-0.05, 0) is 0 Å². The first-order chi connectivity index (χ1) is 3.79. The number of hydrogen-bond acceptors (Lipinski definition) is 2. The Morgan fingerprint density at radius 1 is 1.20 bits per heavy atom. The van der Waals surface area contributed by atoms with Crippen LogP contribution in [-0.4, -0.2) is 10.2 Å². The van der Waals surface area contributed by atoms with E-state index in [1.165, 1.54) is 18.2 Å². The number of aromatic hydroxyl groups is 2. The molecule has 0 atom stereocenters. The van der Waals surface area contributed by atoms with Crippen LogP contribution in [0.5, 0.6) is 11.5 Å². The molecule has 48 valence electrons. The van der Waals surface area contributed by atoms with Crippen LogP contribution < -0.4 is 0 Å². The van der Waals surface area contributed by atoms with Gasteiger partial charge in [-0.1, -0.05) is 6.07 Å². The quantitative estimate of drug-likeness (QED) is 0.696. The van der Waals surface area contributed by atoms with Crippen LogP contribution in [0.25, 0.3) is 0 Å². The Morgan fingerprint density at radius 2 is 1.80 bits per heavy atom. The summed E-state index contributed by atoms with van der Waals surface area (Å²) in [6.45, 7) is 0. The molecule has 2 nitrogen and oxygen atoms in total. The smallest absolute Gasteiger partial charge is 0.0117 e. The molecule has 0 aliphatic carbocycles. The number of phenolic OH excluding ortho intramolecular Hbond substituents is 2. The first-order valence-corrected chi connectivity index (χ1v) is 2.19. The number of hydrogen-bond donors (Lipinski definition) is 2. The van der Waals surface area contributed by atoms with E-state index < -0.39 is 0 Å². The average Bonchev–Trinajstić information content (AvgIpc) is 1.64. The Morgan fingerprint density at radius 3 is 2.10 bits per heavy atom. The fraction of sp³-hybridized carbons (Fsp3) is 0. The number of benzene rings is 1. The topological polar surface area (TPSA) is 40.5 Å². The molecule has 0 aromatic heterocycles. The molecule has 0 saturated carbocycles. The molecule has 1 rings (SSSR count). The Balaban J connectivity index is 0. The predicted octanol–water partition coefficient (Wildman–Crippen LogP) is 0.893. The summed E-state index contributed by atoms with van der Waals surface area (Å²) in [4.78, 5) is 0. The van der Waals surface area contributed by atoms with Crippen molar-refractivity contribution in [1.29, 1.82) is 0 Å². The van der Waals surface area contributed by atoms with Gasteiger partial charge in [-0.25, -0.2) is 0 Å². The van der Waals surface area contributed by atoms with Gasteiger partial charge in [-0.2, -0.15) is 6.07 Å². The van der Waals surface area contributed by atoms with Gasteiger partial charge in [0.15, 0.2) is 0 Å². The van der Waals surface area contributed by atoms with Crippen LogP contribution in [0.4, 0.5) is 0 Å². The molecule has 0 spiro atoms. The van der Waals surface area contributed by atoms with Gasteiger partial charge in [0.05, 0.1) is 0 Å². The zero-order chi connectivity index (χ0) is 5.98. The minimum atomic E-state index is -0.0370. The minimum absolute atomic E-state index is 0. The summed E-state index contributed by atoms with van der Waals surface area (Å²) in [6.07, 6.45) is 0. The van der Waals surface area contributed by atoms with Gasteiger partial charge >= 0.3 is 0 Å². The van der Waals surface area contributed by atoms with Gasteiger partial charge in [0, 0.05) is 76.9 Å². The third-order valence-corrected chi connectivity index (χ3v) is 0.770. The second-order valence-corrected chi connectivity index (χ2v) is 1.43. The van der Waals surface area contributed by atoms with E-state index in [1.54, 1.807) is 0 Å². The second-order valence-electron chi connectivity index (χ2n) is 1.43. The first-order valence-electron chi connectivity index (χ1n) is 2.19. The van der Waals surface area contributed by atoms with Crippen LogP contribution >= 0.6 is 0 Å². The number of rotatable bonds is 0. The van der Waals surface area contributed by atoms with Crippen LogP contribution in [-0.2, 0) is 65.4 Å². The van der Waals surface area contributed by atoms with Gasteiger partial charge in [0.2, 0.25) is 0 Å². The van der Waals surface area contributed by atoms with E-state index in [1.807, 2.05) is 0 Å². The van der Waals surface area contributed by atoms with Crippen LogP contribution in [0, 0.1) is 6.07 Å². The van der Waals surface area contributed by atoms with Crippen LogP contribution in [0.1, 0.15) is 0 Å². The third kappa shape index (κ3) is 4.78. The van der Waals surface area contributed by atoms with Gasteiger partial charge in [0.1, 0.15) is 0 Å². The Labute approximate surface area is 110 Å². The van der Waals surface area contributed by atoms with E-state index in [2.05, 4.69) is 6.07 Å². The summed E-state index contributed by atoms with van der Waals surface area (Å²) in [5.41, 5.74) is 0. The molecule has 0 aliphatic heterocycles. The summed E-state index contributed by atoms with van der Waals surface area (Å²) in [5, 5.41) is 17.2. The second kappa shape index (κ2) is 6.72. The molecule has 4 heteroatoms. The van der Waals surface area contributed by atoms with Crippen molar-refractivity contribution in [3.05, 3.63) is 24.3 Å². The van der Waals surface area contributed by atoms with E-state index in [9.17, 15) is 0 Å². The standard InChI is InChI=1S/C6H5O2.2Y/c7-5-2-1-3-6(8)4-5;;/h1-2,4,7-8H;;/q-1;;. The Kier molecular flexibility index (Phi) is 9.14. The average molecular weight is 287 g/mol. The van der Waals surface area contributed by atoms with E-state index in [0.717, 1.165) is 0 Å². The van der Waals surface area contributed by atoms with Gasteiger partial charge in [-0.15, -0.1) is 12.1 Å². The van der Waals surface area contributed by atoms with Crippen molar-refractivity contribution >= 4 is 0 Å². The zero-order valence-corrected chi connectivity index (χ0v) is 11.0. The zero-order valence-electron chi connectivity index (χ0n) is 5.28. The fourth-order valence-electron chi connectivity index (χ4n) is 0.442. The van der Waals surface area contributed by atoms with Gasteiger partial charge < -0.3 is 10.2 Å². The van der Waals surface area contributed by atoms with Crippen molar-refractivity contribution in [2.75, 3.05) is 0 Å². The molecule has 0 heterocycles. The van der Waals surface area contributed by atoms with Crippen LogP contribution in [0.2, 0.25) is 0 Å². The molecule has 0 unspecified atom stereocenters. The molecule has 1 aromatic carbocycles. The van der Waals surface area contributed by atoms with Crippen LogP contribution in [0.3, 0.4) is 0 Å². The maximum absolute atomic E-state index is 8.63. The molecular formula is C6H5O2Y2-. The van der Waals surface area contributed by atoms with Gasteiger partial charge in [-0.3, -0.25) is 0 Å². The molecule has 0 amide bonds. The molecule has 1 aromatic rings. The van der Waals surface area contributed by atoms with Crippen molar-refractivity contribution in [3.8, 4) is 11.5 Å². The Hall–Kier alpha value is 1.03.